The molecular weight excluding hydrogens is 144 g/mol. The van der Waals surface area contributed by atoms with Gasteiger partial charge in [0.05, 0.1) is 4.92 Å². The molecule has 1 aromatic carbocycles. The number of nitro benzene ring substituents is 1. The molecule has 0 fully saturated rings. The molecule has 2 rings (SSSR count). The van der Waals surface area contributed by atoms with Crippen molar-refractivity contribution in [3.63, 3.8) is 0 Å². The van der Waals surface area contributed by atoms with Crippen LogP contribution in [0.5, 0.6) is 0 Å². The first-order valence-corrected chi connectivity index (χ1v) is 3.04. The summed E-state index contributed by atoms with van der Waals surface area (Å²) in [6.45, 7) is 0. The molecule has 0 aromatic heterocycles. The standard InChI is InChI=1S/C7H5NO2.H3N/c9-8(10)7-3-1-2-5-4-6(5)7;/h1-3H,4H2;1H3. The number of nitro groups is 1. The van der Waals surface area contributed by atoms with E-state index in [0.717, 1.165) is 17.5 Å². The average Bonchev–Trinajstić information content (AvgIpc) is 2.63. The highest BCUT2D eigenvalue weighted by Gasteiger charge is 2.26. The smallest absolute Gasteiger partial charge is 0.273 e. The van der Waals surface area contributed by atoms with Crippen molar-refractivity contribution in [1.82, 2.24) is 6.15 Å². The topological polar surface area (TPSA) is 78.1 Å². The van der Waals surface area contributed by atoms with Crippen LogP contribution in [0.4, 0.5) is 5.69 Å². The van der Waals surface area contributed by atoms with E-state index in [-0.39, 0.29) is 16.8 Å². The minimum atomic E-state index is -0.328. The van der Waals surface area contributed by atoms with Crippen molar-refractivity contribution in [1.29, 1.82) is 0 Å². The number of hydrogen-bond donors (Lipinski definition) is 1. The Bertz CT molecular complexity index is 309. The summed E-state index contributed by atoms with van der Waals surface area (Å²) in [6.07, 6.45) is 0.809. The van der Waals surface area contributed by atoms with Gasteiger partial charge in [-0.3, -0.25) is 10.1 Å². The van der Waals surface area contributed by atoms with E-state index in [1.54, 1.807) is 12.1 Å². The van der Waals surface area contributed by atoms with Crippen LogP contribution in [0.3, 0.4) is 0 Å². The van der Waals surface area contributed by atoms with Crippen LogP contribution in [-0.4, -0.2) is 4.92 Å². The summed E-state index contributed by atoms with van der Waals surface area (Å²) < 4.78 is 0. The van der Waals surface area contributed by atoms with E-state index in [9.17, 15) is 10.1 Å². The number of rotatable bonds is 1. The predicted molar refractivity (Wildman–Crippen MR) is 40.9 cm³/mol. The van der Waals surface area contributed by atoms with Crippen LogP contribution < -0.4 is 6.15 Å². The summed E-state index contributed by atoms with van der Waals surface area (Å²) in [5.41, 5.74) is 2.30. The zero-order valence-corrected chi connectivity index (χ0v) is 5.91. The van der Waals surface area contributed by atoms with Crippen LogP contribution in [-0.2, 0) is 6.42 Å². The first-order valence-electron chi connectivity index (χ1n) is 3.04. The van der Waals surface area contributed by atoms with Crippen LogP contribution in [0.1, 0.15) is 11.1 Å². The number of nitrogens with zero attached hydrogens (tertiary/aromatic N) is 1. The zero-order chi connectivity index (χ0) is 7.14. The van der Waals surface area contributed by atoms with Gasteiger partial charge in [0.2, 0.25) is 0 Å². The van der Waals surface area contributed by atoms with Crippen LogP contribution in [0.25, 0.3) is 0 Å². The highest BCUT2D eigenvalue weighted by atomic mass is 16.6. The summed E-state index contributed by atoms with van der Waals surface area (Å²) in [5, 5.41) is 10.3. The van der Waals surface area contributed by atoms with Crippen molar-refractivity contribution in [2.24, 2.45) is 0 Å². The molecule has 0 spiro atoms. The van der Waals surface area contributed by atoms with Crippen molar-refractivity contribution >= 4 is 5.69 Å². The average molecular weight is 152 g/mol. The highest BCUT2D eigenvalue weighted by molar-refractivity contribution is 5.58. The van der Waals surface area contributed by atoms with Crippen LogP contribution in [0.15, 0.2) is 18.2 Å². The molecule has 1 aliphatic carbocycles. The number of hydrogen-bond acceptors (Lipinski definition) is 3. The van der Waals surface area contributed by atoms with E-state index >= 15 is 0 Å². The van der Waals surface area contributed by atoms with Gasteiger partial charge in [0, 0.05) is 18.1 Å². The number of fused-ring (bicyclic) bond motifs is 1. The normalized spacial score (nSPS) is 11.3. The Hall–Kier alpha value is -1.42. The molecule has 0 bridgehead atoms. The lowest BCUT2D eigenvalue weighted by molar-refractivity contribution is -0.385. The first-order chi connectivity index (χ1) is 4.79. The molecular formula is C7H8N2O2. The minimum absolute atomic E-state index is 0. The third-order valence-electron chi connectivity index (χ3n) is 1.69. The van der Waals surface area contributed by atoms with Gasteiger partial charge in [-0.1, -0.05) is 12.1 Å². The zero-order valence-electron chi connectivity index (χ0n) is 5.91. The van der Waals surface area contributed by atoms with E-state index in [0.29, 0.717) is 0 Å². The minimum Gasteiger partial charge on any atom is -0.344 e. The first kappa shape index (κ1) is 7.68. The quantitative estimate of drug-likeness (QED) is 0.498. The third-order valence-corrected chi connectivity index (χ3v) is 1.69. The second-order valence-electron chi connectivity index (χ2n) is 2.35. The molecule has 0 aliphatic heterocycles. The summed E-state index contributed by atoms with van der Waals surface area (Å²) in [6, 6.07) is 5.19. The maximum atomic E-state index is 10.3. The van der Waals surface area contributed by atoms with Crippen molar-refractivity contribution in [2.45, 2.75) is 6.42 Å². The van der Waals surface area contributed by atoms with Crippen LogP contribution in [0.2, 0.25) is 0 Å². The lowest BCUT2D eigenvalue weighted by Gasteiger charge is -1.85. The van der Waals surface area contributed by atoms with Gasteiger partial charge in [-0.2, -0.15) is 0 Å². The molecule has 3 N–H and O–H groups in total. The lowest BCUT2D eigenvalue weighted by Crippen LogP contribution is -1.85. The third kappa shape index (κ3) is 1.08. The maximum Gasteiger partial charge on any atom is 0.273 e. The fraction of sp³-hybridized carbons (Fsp3) is 0.143. The van der Waals surface area contributed by atoms with E-state index in [4.69, 9.17) is 0 Å². The molecule has 58 valence electrons. The van der Waals surface area contributed by atoms with Crippen molar-refractivity contribution < 1.29 is 4.92 Å². The Morgan fingerprint density at radius 2 is 2.18 bits per heavy atom. The van der Waals surface area contributed by atoms with Gasteiger partial charge in [-0.25, -0.2) is 0 Å². The van der Waals surface area contributed by atoms with E-state index in [2.05, 4.69) is 0 Å². The molecule has 0 radical (unpaired) electrons. The van der Waals surface area contributed by atoms with E-state index in [1.165, 1.54) is 0 Å². The van der Waals surface area contributed by atoms with Crippen molar-refractivity contribution in [3.05, 3.63) is 39.4 Å². The Labute approximate surface area is 63.6 Å². The van der Waals surface area contributed by atoms with E-state index in [1.807, 2.05) is 6.07 Å². The van der Waals surface area contributed by atoms with Gasteiger partial charge in [0.15, 0.2) is 0 Å². The molecule has 0 amide bonds. The fourth-order valence-corrected chi connectivity index (χ4v) is 1.09. The molecule has 0 unspecified atom stereocenters. The van der Waals surface area contributed by atoms with Gasteiger partial charge in [-0.15, -0.1) is 0 Å². The van der Waals surface area contributed by atoms with Crippen LogP contribution in [0, 0.1) is 10.1 Å². The van der Waals surface area contributed by atoms with Gasteiger partial charge >= 0.3 is 0 Å². The summed E-state index contributed by atoms with van der Waals surface area (Å²) >= 11 is 0. The molecule has 11 heavy (non-hydrogen) atoms. The Balaban J connectivity index is 0.000000605. The second-order valence-corrected chi connectivity index (χ2v) is 2.35. The Morgan fingerprint density at radius 3 is 2.73 bits per heavy atom. The SMILES string of the molecule is N.O=[N+]([O-])c1cccc2c1C2. The second kappa shape index (κ2) is 2.32. The van der Waals surface area contributed by atoms with E-state index < -0.39 is 0 Å². The maximum absolute atomic E-state index is 10.3. The van der Waals surface area contributed by atoms with Crippen molar-refractivity contribution in [2.75, 3.05) is 0 Å². The lowest BCUT2D eigenvalue weighted by atomic mass is 10.3. The van der Waals surface area contributed by atoms with Gasteiger partial charge in [0.25, 0.3) is 5.69 Å². The highest BCUT2D eigenvalue weighted by Crippen LogP contribution is 2.35. The summed E-state index contributed by atoms with van der Waals surface area (Å²) in [7, 11) is 0. The van der Waals surface area contributed by atoms with Crippen LogP contribution >= 0.6 is 0 Å². The van der Waals surface area contributed by atoms with Crippen molar-refractivity contribution in [3.8, 4) is 0 Å². The molecule has 4 nitrogen and oxygen atoms in total. The largest absolute Gasteiger partial charge is 0.344 e. The predicted octanol–water partition coefficient (Wildman–Crippen LogP) is 1.66. The fourth-order valence-electron chi connectivity index (χ4n) is 1.09. The summed E-state index contributed by atoms with van der Waals surface area (Å²) in [4.78, 5) is 9.93. The Kier molecular flexibility index (Phi) is 1.62. The molecule has 0 atom stereocenters. The van der Waals surface area contributed by atoms with Gasteiger partial charge < -0.3 is 6.15 Å². The summed E-state index contributed by atoms with van der Waals surface area (Å²) in [5.74, 6) is 0. The monoisotopic (exact) mass is 152 g/mol. The number of benzene rings is 1. The molecule has 0 saturated carbocycles. The molecule has 4 heteroatoms. The molecule has 0 heterocycles. The Morgan fingerprint density at radius 1 is 1.45 bits per heavy atom. The molecule has 1 aliphatic rings. The molecule has 1 aromatic rings. The molecule has 0 saturated heterocycles. The van der Waals surface area contributed by atoms with Gasteiger partial charge in [-0.05, 0) is 5.56 Å². The van der Waals surface area contributed by atoms with Gasteiger partial charge in [0.1, 0.15) is 0 Å².